The van der Waals surface area contributed by atoms with Gasteiger partial charge in [-0.1, -0.05) is 35.5 Å². The van der Waals surface area contributed by atoms with Crippen molar-refractivity contribution in [2.75, 3.05) is 0 Å². The summed E-state index contributed by atoms with van der Waals surface area (Å²) in [6.07, 6.45) is 0. The van der Waals surface area contributed by atoms with Gasteiger partial charge in [-0.3, -0.25) is 4.79 Å². The molecular weight excluding hydrogens is 307 g/mol. The van der Waals surface area contributed by atoms with Crippen molar-refractivity contribution in [3.05, 3.63) is 77.4 Å². The lowest BCUT2D eigenvalue weighted by Gasteiger charge is -2.13. The van der Waals surface area contributed by atoms with Crippen molar-refractivity contribution in [2.45, 2.75) is 19.9 Å². The van der Waals surface area contributed by atoms with E-state index in [2.05, 4.69) is 15.6 Å². The van der Waals surface area contributed by atoms with Crippen molar-refractivity contribution in [1.29, 1.82) is 0 Å². The highest BCUT2D eigenvalue weighted by Gasteiger charge is 2.19. The summed E-state index contributed by atoms with van der Waals surface area (Å²) < 4.78 is 14.6. The molecule has 0 fully saturated rings. The monoisotopic (exact) mass is 324 g/mol. The molecule has 3 aromatic rings. The molecule has 1 atom stereocenters. The van der Waals surface area contributed by atoms with Gasteiger partial charge in [0.2, 0.25) is 0 Å². The Morgan fingerprint density at radius 2 is 1.79 bits per heavy atom. The topological polar surface area (TPSA) is 59.8 Å². The van der Waals surface area contributed by atoms with E-state index >= 15 is 0 Å². The smallest absolute Gasteiger partial charge is 0.274 e. The first kappa shape index (κ1) is 15.9. The van der Waals surface area contributed by atoms with Crippen LogP contribution in [0.25, 0.3) is 5.69 Å². The van der Waals surface area contributed by atoms with Gasteiger partial charge in [0.1, 0.15) is 5.82 Å². The first-order chi connectivity index (χ1) is 11.6. The molecule has 5 nitrogen and oxygen atoms in total. The molecule has 122 valence electrons. The number of nitrogens with one attached hydrogen (secondary N) is 1. The number of carbonyl (C=O) groups is 1. The normalized spacial score (nSPS) is 12.0. The maximum Gasteiger partial charge on any atom is 0.274 e. The van der Waals surface area contributed by atoms with Crippen LogP contribution in [0.2, 0.25) is 0 Å². The summed E-state index contributed by atoms with van der Waals surface area (Å²) in [4.78, 5) is 12.5. The lowest BCUT2D eigenvalue weighted by atomic mass is 10.1. The van der Waals surface area contributed by atoms with Gasteiger partial charge in [0.05, 0.1) is 17.4 Å². The highest BCUT2D eigenvalue weighted by molar-refractivity contribution is 5.93. The Labute approximate surface area is 139 Å². The van der Waals surface area contributed by atoms with Crippen LogP contribution in [0.5, 0.6) is 0 Å². The molecule has 3 rings (SSSR count). The SMILES string of the molecule is Cc1c(C(=O)N[C@H](C)c2ccc(F)cc2)nnn1-c1ccccc1. The largest absolute Gasteiger partial charge is 0.344 e. The molecule has 0 aliphatic heterocycles. The fourth-order valence-corrected chi connectivity index (χ4v) is 2.45. The van der Waals surface area contributed by atoms with E-state index in [4.69, 9.17) is 0 Å². The van der Waals surface area contributed by atoms with E-state index in [-0.39, 0.29) is 23.5 Å². The van der Waals surface area contributed by atoms with Gasteiger partial charge in [0.25, 0.3) is 5.91 Å². The Morgan fingerprint density at radius 1 is 1.12 bits per heavy atom. The van der Waals surface area contributed by atoms with E-state index in [1.807, 2.05) is 37.3 Å². The number of halogens is 1. The Morgan fingerprint density at radius 3 is 2.46 bits per heavy atom. The number of nitrogens with zero attached hydrogens (tertiary/aromatic N) is 3. The number of hydrogen-bond donors (Lipinski definition) is 1. The van der Waals surface area contributed by atoms with Gasteiger partial charge < -0.3 is 5.32 Å². The van der Waals surface area contributed by atoms with E-state index < -0.39 is 0 Å². The summed E-state index contributed by atoms with van der Waals surface area (Å²) in [6.45, 7) is 3.63. The summed E-state index contributed by atoms with van der Waals surface area (Å²) in [6, 6.07) is 15.3. The number of amides is 1. The third-order valence-electron chi connectivity index (χ3n) is 3.83. The lowest BCUT2D eigenvalue weighted by molar-refractivity contribution is 0.0934. The van der Waals surface area contributed by atoms with E-state index in [0.717, 1.165) is 11.3 Å². The van der Waals surface area contributed by atoms with Crippen molar-refractivity contribution >= 4 is 5.91 Å². The van der Waals surface area contributed by atoms with Crippen LogP contribution in [0.1, 0.15) is 34.7 Å². The third-order valence-corrected chi connectivity index (χ3v) is 3.83. The highest BCUT2D eigenvalue weighted by atomic mass is 19.1. The molecule has 1 heterocycles. The molecule has 0 spiro atoms. The Balaban J connectivity index is 1.78. The first-order valence-electron chi connectivity index (χ1n) is 7.60. The van der Waals surface area contributed by atoms with E-state index in [1.54, 1.807) is 23.7 Å². The van der Waals surface area contributed by atoms with Crippen LogP contribution in [0.15, 0.2) is 54.6 Å². The van der Waals surface area contributed by atoms with Crippen LogP contribution in [0.4, 0.5) is 4.39 Å². The lowest BCUT2D eigenvalue weighted by Crippen LogP contribution is -2.27. The molecule has 0 aliphatic rings. The Hall–Kier alpha value is -3.02. The van der Waals surface area contributed by atoms with Gasteiger partial charge in [-0.05, 0) is 43.7 Å². The number of hydrogen-bond acceptors (Lipinski definition) is 3. The van der Waals surface area contributed by atoms with E-state index in [0.29, 0.717) is 5.69 Å². The quantitative estimate of drug-likeness (QED) is 0.802. The van der Waals surface area contributed by atoms with Crippen LogP contribution in [0, 0.1) is 12.7 Å². The van der Waals surface area contributed by atoms with Crippen LogP contribution >= 0.6 is 0 Å². The van der Waals surface area contributed by atoms with Gasteiger partial charge in [-0.15, -0.1) is 5.10 Å². The summed E-state index contributed by atoms with van der Waals surface area (Å²) in [5, 5.41) is 10.9. The zero-order valence-corrected chi connectivity index (χ0v) is 13.4. The van der Waals surface area contributed by atoms with E-state index in [9.17, 15) is 9.18 Å². The van der Waals surface area contributed by atoms with Crippen LogP contribution in [-0.2, 0) is 0 Å². The molecule has 0 saturated heterocycles. The van der Waals surface area contributed by atoms with Gasteiger partial charge in [-0.25, -0.2) is 9.07 Å². The van der Waals surface area contributed by atoms with Gasteiger partial charge >= 0.3 is 0 Å². The fraction of sp³-hybridized carbons (Fsp3) is 0.167. The molecule has 0 saturated carbocycles. The molecule has 0 radical (unpaired) electrons. The minimum Gasteiger partial charge on any atom is -0.344 e. The molecule has 1 N–H and O–H groups in total. The second-order valence-electron chi connectivity index (χ2n) is 5.52. The second kappa shape index (κ2) is 6.62. The maximum absolute atomic E-state index is 13.0. The Bertz CT molecular complexity index is 843. The summed E-state index contributed by atoms with van der Waals surface area (Å²) in [5.41, 5.74) is 2.59. The molecule has 0 bridgehead atoms. The number of benzene rings is 2. The van der Waals surface area contributed by atoms with Crippen molar-refractivity contribution in [3.63, 3.8) is 0 Å². The second-order valence-corrected chi connectivity index (χ2v) is 5.52. The van der Waals surface area contributed by atoms with Crippen molar-refractivity contribution < 1.29 is 9.18 Å². The molecule has 1 aromatic heterocycles. The molecule has 0 aliphatic carbocycles. The highest BCUT2D eigenvalue weighted by Crippen LogP contribution is 2.15. The summed E-state index contributed by atoms with van der Waals surface area (Å²) in [7, 11) is 0. The van der Waals surface area contributed by atoms with Crippen LogP contribution in [-0.4, -0.2) is 20.9 Å². The third kappa shape index (κ3) is 3.17. The van der Waals surface area contributed by atoms with Crippen molar-refractivity contribution in [2.24, 2.45) is 0 Å². The predicted molar refractivity (Wildman–Crippen MR) is 88.4 cm³/mol. The minimum absolute atomic E-state index is 0.264. The van der Waals surface area contributed by atoms with Crippen LogP contribution < -0.4 is 5.32 Å². The van der Waals surface area contributed by atoms with Gasteiger partial charge in [0, 0.05) is 0 Å². The summed E-state index contributed by atoms with van der Waals surface area (Å²) >= 11 is 0. The average Bonchev–Trinajstić information content (AvgIpc) is 2.98. The first-order valence-corrected chi connectivity index (χ1v) is 7.60. The van der Waals surface area contributed by atoms with Crippen molar-refractivity contribution in [1.82, 2.24) is 20.3 Å². The maximum atomic E-state index is 13.0. The number of aromatic nitrogens is 3. The molecule has 6 heteroatoms. The zero-order valence-electron chi connectivity index (χ0n) is 13.4. The minimum atomic E-state index is -0.313. The summed E-state index contributed by atoms with van der Waals surface area (Å²) in [5.74, 6) is -0.620. The molecule has 0 unspecified atom stereocenters. The van der Waals surface area contributed by atoms with Gasteiger partial charge in [0.15, 0.2) is 5.69 Å². The molecule has 2 aromatic carbocycles. The fourth-order valence-electron chi connectivity index (χ4n) is 2.45. The van der Waals surface area contributed by atoms with E-state index in [1.165, 1.54) is 12.1 Å². The standard InChI is InChI=1S/C18H17FN4O/c1-12(14-8-10-15(19)11-9-14)20-18(24)17-13(2)23(22-21-17)16-6-4-3-5-7-16/h3-12H,1-2H3,(H,20,24)/t12-/m1/s1. The number of para-hydroxylation sites is 1. The van der Waals surface area contributed by atoms with Crippen LogP contribution in [0.3, 0.4) is 0 Å². The number of rotatable bonds is 4. The zero-order chi connectivity index (χ0) is 17.1. The van der Waals surface area contributed by atoms with Gasteiger partial charge in [-0.2, -0.15) is 0 Å². The average molecular weight is 324 g/mol. The molecular formula is C18H17FN4O. The number of carbonyl (C=O) groups excluding carboxylic acids is 1. The molecule has 1 amide bonds. The Kier molecular flexibility index (Phi) is 4.37. The molecule has 24 heavy (non-hydrogen) atoms. The predicted octanol–water partition coefficient (Wildman–Crippen LogP) is 3.21. The van der Waals surface area contributed by atoms with Crippen molar-refractivity contribution in [3.8, 4) is 5.69 Å².